The molecule has 0 saturated carbocycles. The minimum Gasteiger partial charge on any atom is -0.447 e. The predicted octanol–water partition coefficient (Wildman–Crippen LogP) is 8.66. The van der Waals surface area contributed by atoms with Gasteiger partial charge in [0.1, 0.15) is 6.61 Å². The molecule has 0 spiro atoms. The smallest absolute Gasteiger partial charge is 0.421 e. The number of unbranched alkanes of at least 4 members (excludes halogenated alkanes) is 12. The lowest BCUT2D eigenvalue weighted by Crippen LogP contribution is -2.38. The molecular weight excluding hydrogens is 426 g/mol. The van der Waals surface area contributed by atoms with E-state index in [4.69, 9.17) is 9.16 Å². The van der Waals surface area contributed by atoms with Crippen LogP contribution in [0.3, 0.4) is 0 Å². The molecule has 192 valence electrons. The highest BCUT2D eigenvalue weighted by Crippen LogP contribution is 2.30. The van der Waals surface area contributed by atoms with Crippen molar-refractivity contribution in [3.8, 4) is 12.0 Å². The van der Waals surface area contributed by atoms with Gasteiger partial charge < -0.3 is 9.16 Å². The molecule has 4 nitrogen and oxygen atoms in total. The molecule has 1 fully saturated rings. The van der Waals surface area contributed by atoms with Crippen LogP contribution in [0.5, 0.6) is 0 Å². The fourth-order valence-electron chi connectivity index (χ4n) is 4.58. The fourth-order valence-corrected chi connectivity index (χ4v) is 9.33. The van der Waals surface area contributed by atoms with Crippen molar-refractivity contribution < 1.29 is 14.0 Å². The van der Waals surface area contributed by atoms with Gasteiger partial charge in [-0.2, -0.15) is 0 Å². The van der Waals surface area contributed by atoms with Crippen molar-refractivity contribution in [2.24, 2.45) is 0 Å². The van der Waals surface area contributed by atoms with Gasteiger partial charge in [-0.05, 0) is 31.0 Å². The number of hydrogen-bond donors (Lipinski definition) is 0. The molecule has 5 heteroatoms. The van der Waals surface area contributed by atoms with E-state index in [1.807, 2.05) is 0 Å². The lowest BCUT2D eigenvalue weighted by Gasteiger charge is -2.32. The third-order valence-electron chi connectivity index (χ3n) is 6.79. The zero-order valence-corrected chi connectivity index (χ0v) is 23.2. The van der Waals surface area contributed by atoms with Gasteiger partial charge in [0.2, 0.25) is 0 Å². The maximum atomic E-state index is 11.3. The van der Waals surface area contributed by atoms with Crippen molar-refractivity contribution in [2.75, 3.05) is 19.8 Å². The topological polar surface area (TPSA) is 38.8 Å². The number of nitrogens with zero attached hydrogens (tertiary/aromatic N) is 1. The summed E-state index contributed by atoms with van der Waals surface area (Å²) in [6.45, 7) is 9.06. The Hall–Kier alpha value is -0.993. The Morgan fingerprint density at radius 2 is 1.30 bits per heavy atom. The molecular formula is C28H53NO3Si. The van der Waals surface area contributed by atoms with E-state index < -0.39 is 8.32 Å². The van der Waals surface area contributed by atoms with Crippen LogP contribution in [0.15, 0.2) is 0 Å². The quantitative estimate of drug-likeness (QED) is 0.0939. The Morgan fingerprint density at radius 3 is 1.79 bits per heavy atom. The zero-order chi connectivity index (χ0) is 24.0. The van der Waals surface area contributed by atoms with Crippen molar-refractivity contribution in [3.05, 3.63) is 0 Å². The van der Waals surface area contributed by atoms with Crippen LogP contribution in [0.1, 0.15) is 124 Å². The second-order valence-corrected chi connectivity index (χ2v) is 14.0. The lowest BCUT2D eigenvalue weighted by molar-refractivity contribution is 0.167. The SMILES string of the molecule is CCCC[Si](CCCC)(CCCC)OCCCCCCCCCCCC#CN1CCOC1=O. The van der Waals surface area contributed by atoms with Crippen molar-refractivity contribution in [1.82, 2.24) is 4.90 Å². The molecule has 0 atom stereocenters. The minimum atomic E-state index is -1.50. The monoisotopic (exact) mass is 479 g/mol. The Kier molecular flexibility index (Phi) is 18.6. The van der Waals surface area contributed by atoms with Gasteiger partial charge in [-0.25, -0.2) is 9.69 Å². The van der Waals surface area contributed by atoms with E-state index in [9.17, 15) is 4.79 Å². The molecule has 33 heavy (non-hydrogen) atoms. The summed E-state index contributed by atoms with van der Waals surface area (Å²) in [5, 5.41) is 0. The Morgan fingerprint density at radius 1 is 0.788 bits per heavy atom. The molecule has 1 rings (SSSR count). The molecule has 0 aromatic carbocycles. The summed E-state index contributed by atoms with van der Waals surface area (Å²) in [5.41, 5.74) is 0. The molecule has 0 aromatic heterocycles. The highest BCUT2D eigenvalue weighted by atomic mass is 28.4. The first-order valence-electron chi connectivity index (χ1n) is 14.2. The van der Waals surface area contributed by atoms with Crippen molar-refractivity contribution in [1.29, 1.82) is 0 Å². The van der Waals surface area contributed by atoms with Crippen molar-refractivity contribution in [2.45, 2.75) is 142 Å². The highest BCUT2D eigenvalue weighted by Gasteiger charge is 2.32. The van der Waals surface area contributed by atoms with E-state index in [1.165, 1.54) is 113 Å². The summed E-state index contributed by atoms with van der Waals surface area (Å²) in [7, 11) is -1.50. The summed E-state index contributed by atoms with van der Waals surface area (Å²) in [6.07, 6.45) is 20.2. The first-order valence-corrected chi connectivity index (χ1v) is 16.8. The van der Waals surface area contributed by atoms with Gasteiger partial charge in [0.25, 0.3) is 0 Å². The molecule has 1 aliphatic heterocycles. The number of rotatable bonds is 21. The van der Waals surface area contributed by atoms with Gasteiger partial charge in [-0.1, -0.05) is 110 Å². The molecule has 0 aliphatic carbocycles. The summed E-state index contributed by atoms with van der Waals surface area (Å²) < 4.78 is 11.6. The summed E-state index contributed by atoms with van der Waals surface area (Å²) >= 11 is 0. The molecule has 1 saturated heterocycles. The number of cyclic esters (lactones) is 1. The standard InChI is InChI=1S/C28H53NO3Si/c1-4-7-25-33(26-8-5-2,27-9-6-3)32-23-20-18-16-14-12-10-11-13-15-17-19-21-29-22-24-31-28(29)30/h4-18,20,22-27H2,1-3H3. The van der Waals surface area contributed by atoms with Crippen LogP contribution in [0.2, 0.25) is 18.1 Å². The van der Waals surface area contributed by atoms with E-state index >= 15 is 0 Å². The van der Waals surface area contributed by atoms with Crippen LogP contribution in [0.4, 0.5) is 4.79 Å². The van der Waals surface area contributed by atoms with Crippen LogP contribution >= 0.6 is 0 Å². The Bertz CT molecular complexity index is 521. The minimum absolute atomic E-state index is 0.292. The van der Waals surface area contributed by atoms with Gasteiger partial charge in [-0.3, -0.25) is 0 Å². The van der Waals surface area contributed by atoms with Crippen LogP contribution in [-0.2, 0) is 9.16 Å². The van der Waals surface area contributed by atoms with Gasteiger partial charge in [0.05, 0.1) is 6.54 Å². The third kappa shape index (κ3) is 14.8. The van der Waals surface area contributed by atoms with Gasteiger partial charge in [0, 0.05) is 19.1 Å². The van der Waals surface area contributed by atoms with Crippen LogP contribution in [-0.4, -0.2) is 39.1 Å². The van der Waals surface area contributed by atoms with Gasteiger partial charge >= 0.3 is 6.09 Å². The number of ether oxygens (including phenoxy) is 1. The highest BCUT2D eigenvalue weighted by molar-refractivity contribution is 6.73. The van der Waals surface area contributed by atoms with E-state index in [1.54, 1.807) is 0 Å². The first kappa shape index (κ1) is 30.0. The van der Waals surface area contributed by atoms with Crippen LogP contribution in [0.25, 0.3) is 0 Å². The van der Waals surface area contributed by atoms with E-state index in [0.29, 0.717) is 13.2 Å². The van der Waals surface area contributed by atoms with Crippen molar-refractivity contribution >= 4 is 14.4 Å². The normalized spacial score (nSPS) is 13.8. The molecule has 0 N–H and O–H groups in total. The summed E-state index contributed by atoms with van der Waals surface area (Å²) in [5.74, 6) is 3.10. The molecule has 0 aromatic rings. The molecule has 0 unspecified atom stereocenters. The second-order valence-electron chi connectivity index (χ2n) is 9.83. The number of carbonyl (C=O) groups excluding carboxylic acids is 1. The number of hydrogen-bond acceptors (Lipinski definition) is 3. The Labute approximate surface area is 206 Å². The van der Waals surface area contributed by atoms with Gasteiger partial charge in [-0.15, -0.1) is 0 Å². The maximum Gasteiger partial charge on any atom is 0.421 e. The zero-order valence-electron chi connectivity index (χ0n) is 22.2. The second kappa shape index (κ2) is 20.4. The summed E-state index contributed by atoms with van der Waals surface area (Å²) in [6, 6.07) is 7.07. The maximum absolute atomic E-state index is 11.3. The first-order chi connectivity index (χ1) is 16.2. The number of amides is 1. The van der Waals surface area contributed by atoms with E-state index in [0.717, 1.165) is 19.4 Å². The van der Waals surface area contributed by atoms with E-state index in [-0.39, 0.29) is 6.09 Å². The van der Waals surface area contributed by atoms with E-state index in [2.05, 4.69) is 32.7 Å². The average Bonchev–Trinajstić information content (AvgIpc) is 3.24. The fraction of sp³-hybridized carbons (Fsp3) is 0.893. The van der Waals surface area contributed by atoms with Gasteiger partial charge in [0.15, 0.2) is 8.32 Å². The number of carbonyl (C=O) groups is 1. The lowest BCUT2D eigenvalue weighted by atomic mass is 10.1. The van der Waals surface area contributed by atoms with Crippen LogP contribution < -0.4 is 0 Å². The molecule has 0 bridgehead atoms. The van der Waals surface area contributed by atoms with Crippen LogP contribution in [0, 0.1) is 12.0 Å². The predicted molar refractivity (Wildman–Crippen MR) is 143 cm³/mol. The average molecular weight is 480 g/mol. The summed E-state index contributed by atoms with van der Waals surface area (Å²) in [4.78, 5) is 12.8. The van der Waals surface area contributed by atoms with Crippen molar-refractivity contribution in [3.63, 3.8) is 0 Å². The molecule has 1 heterocycles. The molecule has 0 radical (unpaired) electrons. The largest absolute Gasteiger partial charge is 0.447 e. The molecule has 1 aliphatic rings. The third-order valence-corrected chi connectivity index (χ3v) is 11.4. The Balaban J connectivity index is 2.03. The molecule has 1 amide bonds.